The third-order valence-electron chi connectivity index (χ3n) is 2.66. The van der Waals surface area contributed by atoms with Crippen LogP contribution in [0.1, 0.15) is 19.3 Å². The first kappa shape index (κ1) is 11.3. The van der Waals surface area contributed by atoms with Crippen LogP contribution in [0, 0.1) is 0 Å². The highest BCUT2D eigenvalue weighted by molar-refractivity contribution is 5.79. The molecule has 1 heterocycles. The summed E-state index contributed by atoms with van der Waals surface area (Å²) in [6, 6.07) is 0.579. The number of nitrogens with two attached hydrogens (primary N) is 1. The summed E-state index contributed by atoms with van der Waals surface area (Å²) in [5, 5.41) is 11.3. The average Bonchev–Trinajstić information content (AvgIpc) is 2.26. The predicted octanol–water partition coefficient (Wildman–Crippen LogP) is 0.234. The molecule has 1 aliphatic rings. The Kier molecular flexibility index (Phi) is 4.69. The molecule has 1 saturated heterocycles. The number of amidine groups is 1. The number of nitrogens with zero attached hydrogens (tertiary/aromatic N) is 2. The fourth-order valence-corrected chi connectivity index (χ4v) is 1.65. The van der Waals surface area contributed by atoms with Crippen LogP contribution in [0.2, 0.25) is 0 Å². The van der Waals surface area contributed by atoms with E-state index in [0.29, 0.717) is 18.3 Å². The van der Waals surface area contributed by atoms with Crippen LogP contribution in [0.15, 0.2) is 5.16 Å². The van der Waals surface area contributed by atoms with Crippen LogP contribution in [0.4, 0.5) is 0 Å². The normalized spacial score (nSPS) is 20.3. The molecule has 3 N–H and O–H groups in total. The first-order valence-electron chi connectivity index (χ1n) is 4.98. The molecule has 0 amide bonds. The van der Waals surface area contributed by atoms with Crippen molar-refractivity contribution in [1.82, 2.24) is 4.90 Å². The molecule has 5 heteroatoms. The first-order chi connectivity index (χ1) is 6.74. The topological polar surface area (TPSA) is 71.1 Å². The number of hydrogen-bond donors (Lipinski definition) is 2. The molecule has 0 saturated carbocycles. The first-order valence-corrected chi connectivity index (χ1v) is 4.98. The molecule has 5 nitrogen and oxygen atoms in total. The van der Waals surface area contributed by atoms with Crippen LogP contribution in [0.3, 0.4) is 0 Å². The van der Waals surface area contributed by atoms with Crippen molar-refractivity contribution >= 4 is 5.84 Å². The molecule has 0 spiro atoms. The minimum atomic E-state index is 0.295. The fourth-order valence-electron chi connectivity index (χ4n) is 1.65. The van der Waals surface area contributed by atoms with Crippen molar-refractivity contribution in [3.05, 3.63) is 0 Å². The van der Waals surface area contributed by atoms with Gasteiger partial charge in [0.2, 0.25) is 0 Å². The molecule has 0 radical (unpaired) electrons. The monoisotopic (exact) mass is 201 g/mol. The Hall–Kier alpha value is -0.810. The molecule has 1 fully saturated rings. The van der Waals surface area contributed by atoms with Gasteiger partial charge in [0.25, 0.3) is 0 Å². The molecule has 0 unspecified atom stereocenters. The van der Waals surface area contributed by atoms with Crippen molar-refractivity contribution in [2.45, 2.75) is 25.3 Å². The van der Waals surface area contributed by atoms with Gasteiger partial charge in [0, 0.05) is 32.2 Å². The molecule has 1 aliphatic heterocycles. The summed E-state index contributed by atoms with van der Waals surface area (Å²) in [6.07, 6.45) is 2.77. The van der Waals surface area contributed by atoms with Gasteiger partial charge in [-0.1, -0.05) is 5.16 Å². The molecule has 0 bridgehead atoms. The average molecular weight is 201 g/mol. The quantitative estimate of drug-likeness (QED) is 0.296. The van der Waals surface area contributed by atoms with E-state index in [-0.39, 0.29) is 0 Å². The minimum absolute atomic E-state index is 0.295. The fraction of sp³-hybridized carbons (Fsp3) is 0.889. The molecule has 0 atom stereocenters. The number of oxime groups is 1. The lowest BCUT2D eigenvalue weighted by Gasteiger charge is -2.30. The summed E-state index contributed by atoms with van der Waals surface area (Å²) >= 11 is 0. The molecular weight excluding hydrogens is 182 g/mol. The second kappa shape index (κ2) is 5.82. The maximum absolute atomic E-state index is 8.38. The van der Waals surface area contributed by atoms with Crippen LogP contribution >= 0.6 is 0 Å². The Morgan fingerprint density at radius 2 is 2.21 bits per heavy atom. The zero-order chi connectivity index (χ0) is 10.4. The molecule has 0 aliphatic carbocycles. The van der Waals surface area contributed by atoms with Crippen molar-refractivity contribution in [2.24, 2.45) is 10.9 Å². The van der Waals surface area contributed by atoms with E-state index in [1.54, 1.807) is 0 Å². The van der Waals surface area contributed by atoms with E-state index in [1.807, 2.05) is 0 Å². The van der Waals surface area contributed by atoms with E-state index in [2.05, 4.69) is 17.1 Å². The summed E-state index contributed by atoms with van der Waals surface area (Å²) in [6.45, 7) is 2.53. The highest BCUT2D eigenvalue weighted by Gasteiger charge is 2.17. The van der Waals surface area contributed by atoms with Crippen molar-refractivity contribution in [3.63, 3.8) is 0 Å². The van der Waals surface area contributed by atoms with Crippen LogP contribution in [-0.2, 0) is 4.74 Å². The van der Waals surface area contributed by atoms with E-state index in [1.165, 1.54) is 0 Å². The van der Waals surface area contributed by atoms with E-state index in [9.17, 15) is 0 Å². The number of ether oxygens (including phenoxy) is 1. The maximum Gasteiger partial charge on any atom is 0.140 e. The molecular formula is C9H19N3O2. The summed E-state index contributed by atoms with van der Waals surface area (Å²) < 4.78 is 5.28. The Labute approximate surface area is 84.5 Å². The van der Waals surface area contributed by atoms with Crippen molar-refractivity contribution in [2.75, 3.05) is 26.8 Å². The van der Waals surface area contributed by atoms with E-state index < -0.39 is 0 Å². The second-order valence-electron chi connectivity index (χ2n) is 3.67. The summed E-state index contributed by atoms with van der Waals surface area (Å²) in [5.74, 6) is 0.295. The zero-order valence-corrected chi connectivity index (χ0v) is 8.65. The lowest BCUT2D eigenvalue weighted by molar-refractivity contribution is 0.0438. The van der Waals surface area contributed by atoms with Crippen molar-refractivity contribution in [1.29, 1.82) is 0 Å². The van der Waals surface area contributed by atoms with E-state index >= 15 is 0 Å². The Morgan fingerprint density at radius 3 is 2.79 bits per heavy atom. The Balaban J connectivity index is 2.22. The molecule has 14 heavy (non-hydrogen) atoms. The lowest BCUT2D eigenvalue weighted by Crippen LogP contribution is -2.38. The van der Waals surface area contributed by atoms with Gasteiger partial charge in [0.15, 0.2) is 0 Å². The standard InChI is InChI=1S/C9H19N3O2/c1-12(5-2-9(10)11-13)8-3-6-14-7-4-8/h8,13H,2-7H2,1H3,(H2,10,11). The van der Waals surface area contributed by atoms with Gasteiger partial charge in [0.05, 0.1) is 0 Å². The van der Waals surface area contributed by atoms with Crippen molar-refractivity contribution < 1.29 is 9.94 Å². The predicted molar refractivity (Wildman–Crippen MR) is 54.5 cm³/mol. The van der Waals surface area contributed by atoms with Crippen LogP contribution in [-0.4, -0.2) is 48.8 Å². The largest absolute Gasteiger partial charge is 0.409 e. The highest BCUT2D eigenvalue weighted by atomic mass is 16.5. The van der Waals surface area contributed by atoms with Crippen LogP contribution in [0.25, 0.3) is 0 Å². The number of rotatable bonds is 4. The third kappa shape index (κ3) is 3.51. The summed E-state index contributed by atoms with van der Waals surface area (Å²) in [7, 11) is 2.07. The molecule has 0 aromatic carbocycles. The Morgan fingerprint density at radius 1 is 1.57 bits per heavy atom. The zero-order valence-electron chi connectivity index (χ0n) is 8.65. The van der Waals surface area contributed by atoms with Crippen LogP contribution in [0.5, 0.6) is 0 Å². The van der Waals surface area contributed by atoms with Gasteiger partial charge in [-0.3, -0.25) is 0 Å². The SMILES string of the molecule is CN(CC/C(N)=N/O)C1CCOCC1. The van der Waals surface area contributed by atoms with E-state index in [4.69, 9.17) is 15.7 Å². The van der Waals surface area contributed by atoms with Crippen molar-refractivity contribution in [3.8, 4) is 0 Å². The van der Waals surface area contributed by atoms with E-state index in [0.717, 1.165) is 32.6 Å². The van der Waals surface area contributed by atoms with Gasteiger partial charge in [0.1, 0.15) is 5.84 Å². The van der Waals surface area contributed by atoms with Gasteiger partial charge in [-0.15, -0.1) is 0 Å². The smallest absolute Gasteiger partial charge is 0.140 e. The highest BCUT2D eigenvalue weighted by Crippen LogP contribution is 2.12. The van der Waals surface area contributed by atoms with Crippen LogP contribution < -0.4 is 5.73 Å². The molecule has 0 aromatic heterocycles. The minimum Gasteiger partial charge on any atom is -0.409 e. The maximum atomic E-state index is 8.38. The lowest BCUT2D eigenvalue weighted by atomic mass is 10.1. The van der Waals surface area contributed by atoms with Gasteiger partial charge in [-0.05, 0) is 19.9 Å². The molecule has 1 rings (SSSR count). The molecule has 82 valence electrons. The summed E-state index contributed by atoms with van der Waals surface area (Å²) in [4.78, 5) is 2.25. The van der Waals surface area contributed by atoms with Gasteiger partial charge >= 0.3 is 0 Å². The van der Waals surface area contributed by atoms with Gasteiger partial charge in [-0.25, -0.2) is 0 Å². The van der Waals surface area contributed by atoms with Gasteiger partial charge in [-0.2, -0.15) is 0 Å². The number of hydrogen-bond acceptors (Lipinski definition) is 4. The molecule has 0 aromatic rings. The third-order valence-corrected chi connectivity index (χ3v) is 2.66. The van der Waals surface area contributed by atoms with Gasteiger partial charge < -0.3 is 20.6 Å². The second-order valence-corrected chi connectivity index (χ2v) is 3.67. The Bertz CT molecular complexity index is 190. The summed E-state index contributed by atoms with van der Waals surface area (Å²) in [5.41, 5.74) is 5.40.